The lowest BCUT2D eigenvalue weighted by molar-refractivity contribution is -0.131. The predicted molar refractivity (Wildman–Crippen MR) is 113 cm³/mol. The number of fused-ring (bicyclic) bond motifs is 1. The molecule has 1 N–H and O–H groups in total. The Bertz CT molecular complexity index is 1020. The molecule has 3 aromatic rings. The fourth-order valence-electron chi connectivity index (χ4n) is 3.24. The summed E-state index contributed by atoms with van der Waals surface area (Å²) in [6.45, 7) is 5.06. The maximum atomic E-state index is 12.6. The molecule has 5 heteroatoms. The summed E-state index contributed by atoms with van der Waals surface area (Å²) in [4.78, 5) is 24.4. The molecule has 29 heavy (non-hydrogen) atoms. The van der Waals surface area contributed by atoms with Crippen LogP contribution in [0.2, 0.25) is 0 Å². The van der Waals surface area contributed by atoms with Crippen LogP contribution in [0.25, 0.3) is 10.8 Å². The Balaban J connectivity index is 2.23. The molecule has 0 aliphatic heterocycles. The minimum atomic E-state index is -0.490. The molecule has 0 bridgehead atoms. The normalized spacial score (nSPS) is 11.9. The third kappa shape index (κ3) is 4.57. The van der Waals surface area contributed by atoms with E-state index in [0.29, 0.717) is 5.75 Å². The molecule has 3 aromatic carbocycles. The molecule has 1 atom stereocenters. The summed E-state index contributed by atoms with van der Waals surface area (Å²) in [5.74, 6) is 0.461. The number of nitrogens with one attached hydrogen (secondary N) is 1. The Morgan fingerprint density at radius 2 is 1.62 bits per heavy atom. The first-order valence-corrected chi connectivity index (χ1v) is 9.55. The number of esters is 1. The molecular formula is C24H25NO4. The molecule has 0 aromatic heterocycles. The summed E-state index contributed by atoms with van der Waals surface area (Å²) in [6, 6.07) is 18.5. The first-order valence-electron chi connectivity index (χ1n) is 9.55. The minimum absolute atomic E-state index is 0.0903. The van der Waals surface area contributed by atoms with Crippen molar-refractivity contribution in [1.29, 1.82) is 0 Å². The summed E-state index contributed by atoms with van der Waals surface area (Å²) in [5, 5.41) is 5.03. The molecule has 0 aliphatic rings. The maximum absolute atomic E-state index is 12.6. The van der Waals surface area contributed by atoms with E-state index >= 15 is 0 Å². The average molecular weight is 391 g/mol. The zero-order valence-corrected chi connectivity index (χ0v) is 17.1. The summed E-state index contributed by atoms with van der Waals surface area (Å²) in [6.07, 6.45) is 0. The van der Waals surface area contributed by atoms with Crippen LogP contribution in [0.4, 0.5) is 0 Å². The van der Waals surface area contributed by atoms with Gasteiger partial charge in [-0.15, -0.1) is 0 Å². The van der Waals surface area contributed by atoms with Gasteiger partial charge in [0, 0.05) is 18.4 Å². The second-order valence-corrected chi connectivity index (χ2v) is 7.16. The zero-order valence-electron chi connectivity index (χ0n) is 17.1. The number of benzene rings is 3. The Labute approximate surface area is 170 Å². The Hall–Kier alpha value is -3.34. The van der Waals surface area contributed by atoms with Crippen molar-refractivity contribution in [2.24, 2.45) is 5.92 Å². The molecule has 0 aliphatic carbocycles. The van der Waals surface area contributed by atoms with Gasteiger partial charge in [-0.05, 0) is 34.5 Å². The fraction of sp³-hybridized carbons (Fsp3) is 0.250. The van der Waals surface area contributed by atoms with Crippen molar-refractivity contribution in [3.8, 4) is 11.5 Å². The highest BCUT2D eigenvalue weighted by Gasteiger charge is 2.25. The number of methoxy groups -OCH3 is 1. The highest BCUT2D eigenvalue weighted by molar-refractivity contribution is 5.90. The van der Waals surface area contributed by atoms with Gasteiger partial charge in [0.05, 0.1) is 13.2 Å². The fourth-order valence-corrected chi connectivity index (χ4v) is 3.24. The number of amides is 1. The molecule has 5 nitrogen and oxygen atoms in total. The van der Waals surface area contributed by atoms with Gasteiger partial charge in [-0.25, -0.2) is 0 Å². The molecule has 0 radical (unpaired) electrons. The number of hydrogen-bond acceptors (Lipinski definition) is 4. The molecule has 0 fully saturated rings. The smallest absolute Gasteiger partial charge is 0.308 e. The van der Waals surface area contributed by atoms with Crippen molar-refractivity contribution in [2.75, 3.05) is 7.11 Å². The van der Waals surface area contributed by atoms with Crippen molar-refractivity contribution in [3.63, 3.8) is 0 Å². The molecule has 1 amide bonds. The lowest BCUT2D eigenvalue weighted by atomic mass is 9.92. The quantitative estimate of drug-likeness (QED) is 0.491. The highest BCUT2D eigenvalue weighted by Crippen LogP contribution is 2.37. The van der Waals surface area contributed by atoms with Gasteiger partial charge in [0.25, 0.3) is 0 Å². The average Bonchev–Trinajstić information content (AvgIpc) is 2.71. The van der Waals surface area contributed by atoms with E-state index < -0.39 is 12.0 Å². The Morgan fingerprint density at radius 1 is 0.931 bits per heavy atom. The van der Waals surface area contributed by atoms with Gasteiger partial charge in [-0.1, -0.05) is 56.3 Å². The predicted octanol–water partition coefficient (Wildman–Crippen LogP) is 4.64. The minimum Gasteiger partial charge on any atom is -0.497 e. The number of carbonyl (C=O) groups is 2. The van der Waals surface area contributed by atoms with E-state index in [9.17, 15) is 9.59 Å². The van der Waals surface area contributed by atoms with E-state index in [2.05, 4.69) is 5.32 Å². The zero-order chi connectivity index (χ0) is 21.0. The summed E-state index contributed by atoms with van der Waals surface area (Å²) < 4.78 is 10.8. The van der Waals surface area contributed by atoms with Crippen molar-refractivity contribution >= 4 is 22.6 Å². The van der Waals surface area contributed by atoms with Crippen LogP contribution in [0.15, 0.2) is 60.7 Å². The van der Waals surface area contributed by atoms with Crippen LogP contribution in [0.3, 0.4) is 0 Å². The Morgan fingerprint density at radius 3 is 2.24 bits per heavy atom. The summed E-state index contributed by atoms with van der Waals surface area (Å²) >= 11 is 0. The number of carbonyl (C=O) groups excluding carboxylic acids is 2. The van der Waals surface area contributed by atoms with Crippen molar-refractivity contribution in [2.45, 2.75) is 26.8 Å². The molecule has 0 heterocycles. The van der Waals surface area contributed by atoms with Gasteiger partial charge in [0.2, 0.25) is 5.91 Å². The van der Waals surface area contributed by atoms with Gasteiger partial charge in [-0.3, -0.25) is 9.59 Å². The second kappa shape index (κ2) is 8.78. The van der Waals surface area contributed by atoms with Gasteiger partial charge in [0.1, 0.15) is 11.5 Å². The van der Waals surface area contributed by atoms with E-state index in [-0.39, 0.29) is 11.8 Å². The third-order valence-electron chi connectivity index (χ3n) is 4.73. The van der Waals surface area contributed by atoms with E-state index in [0.717, 1.165) is 27.6 Å². The van der Waals surface area contributed by atoms with Gasteiger partial charge >= 0.3 is 5.97 Å². The standard InChI is InChI=1S/C24H25NO4/c1-15(2)24(27)25-23(18-9-12-19(28-4)13-10-18)22-20-8-6-5-7-17(20)11-14-21(22)29-16(3)26/h5-15,23H,1-4H3,(H,25,27)/t23-/m1/s1. The van der Waals surface area contributed by atoms with Gasteiger partial charge in [-0.2, -0.15) is 0 Å². The van der Waals surface area contributed by atoms with E-state index in [1.807, 2.05) is 68.4 Å². The number of hydrogen-bond donors (Lipinski definition) is 1. The first kappa shape index (κ1) is 20.4. The van der Waals surface area contributed by atoms with Crippen LogP contribution in [-0.2, 0) is 9.59 Å². The topological polar surface area (TPSA) is 64.6 Å². The van der Waals surface area contributed by atoms with E-state index in [1.165, 1.54) is 6.92 Å². The molecule has 0 saturated heterocycles. The number of rotatable bonds is 6. The van der Waals surface area contributed by atoms with Crippen molar-refractivity contribution < 1.29 is 19.1 Å². The Kier molecular flexibility index (Phi) is 6.17. The highest BCUT2D eigenvalue weighted by atomic mass is 16.5. The van der Waals surface area contributed by atoms with Crippen LogP contribution in [0.5, 0.6) is 11.5 Å². The lowest BCUT2D eigenvalue weighted by Gasteiger charge is -2.25. The second-order valence-electron chi connectivity index (χ2n) is 7.16. The SMILES string of the molecule is COc1ccc([C@@H](NC(=O)C(C)C)c2c(OC(C)=O)ccc3ccccc23)cc1. The van der Waals surface area contributed by atoms with Crippen LogP contribution < -0.4 is 14.8 Å². The van der Waals surface area contributed by atoms with Gasteiger partial charge in [0.15, 0.2) is 0 Å². The molecule has 3 rings (SSSR count). The van der Waals surface area contributed by atoms with E-state index in [4.69, 9.17) is 9.47 Å². The van der Waals surface area contributed by atoms with Crippen LogP contribution in [-0.4, -0.2) is 19.0 Å². The van der Waals surface area contributed by atoms with E-state index in [1.54, 1.807) is 13.2 Å². The molecule has 0 spiro atoms. The molecule has 150 valence electrons. The summed E-state index contributed by atoms with van der Waals surface area (Å²) in [5.41, 5.74) is 1.61. The largest absolute Gasteiger partial charge is 0.497 e. The maximum Gasteiger partial charge on any atom is 0.308 e. The van der Waals surface area contributed by atoms with Gasteiger partial charge < -0.3 is 14.8 Å². The lowest BCUT2D eigenvalue weighted by Crippen LogP contribution is -2.33. The summed E-state index contributed by atoms with van der Waals surface area (Å²) in [7, 11) is 1.61. The van der Waals surface area contributed by atoms with Crippen LogP contribution >= 0.6 is 0 Å². The molecule has 0 saturated carbocycles. The first-order chi connectivity index (χ1) is 13.9. The molecular weight excluding hydrogens is 366 g/mol. The monoisotopic (exact) mass is 391 g/mol. The van der Waals surface area contributed by atoms with Crippen LogP contribution in [0, 0.1) is 5.92 Å². The number of ether oxygens (including phenoxy) is 2. The van der Waals surface area contributed by atoms with Crippen LogP contribution in [0.1, 0.15) is 37.9 Å². The molecule has 0 unspecified atom stereocenters. The van der Waals surface area contributed by atoms with Crippen molar-refractivity contribution in [3.05, 3.63) is 71.8 Å². The van der Waals surface area contributed by atoms with Crippen molar-refractivity contribution in [1.82, 2.24) is 5.32 Å². The third-order valence-corrected chi connectivity index (χ3v) is 4.73.